The number of urea groups is 1. The van der Waals surface area contributed by atoms with Crippen LogP contribution in [0.4, 0.5) is 23.7 Å². The van der Waals surface area contributed by atoms with Crippen molar-refractivity contribution in [3.05, 3.63) is 29.8 Å². The van der Waals surface area contributed by atoms with Crippen molar-refractivity contribution in [3.63, 3.8) is 0 Å². The van der Waals surface area contributed by atoms with Gasteiger partial charge in [-0.15, -0.1) is 0 Å². The van der Waals surface area contributed by atoms with Crippen LogP contribution in [-0.4, -0.2) is 19.1 Å². The summed E-state index contributed by atoms with van der Waals surface area (Å²) in [5.41, 5.74) is 4.21. The lowest BCUT2D eigenvalue weighted by molar-refractivity contribution is -0.136. The summed E-state index contributed by atoms with van der Waals surface area (Å²) in [5.74, 6) is 0. The van der Waals surface area contributed by atoms with Crippen LogP contribution in [0.25, 0.3) is 0 Å². The van der Waals surface area contributed by atoms with Crippen LogP contribution in [0, 0.1) is 0 Å². The molecule has 0 fully saturated rings. The molecule has 0 atom stereocenters. The third-order valence-corrected chi connectivity index (χ3v) is 2.65. The van der Waals surface area contributed by atoms with E-state index in [9.17, 15) is 18.0 Å². The molecule has 0 aliphatic rings. The Morgan fingerprint density at radius 2 is 1.85 bits per heavy atom. The van der Waals surface area contributed by atoms with E-state index in [4.69, 9.17) is 5.73 Å². The second-order valence-corrected chi connectivity index (χ2v) is 4.27. The fraction of sp³-hybridized carbons (Fsp3) is 0.462. The monoisotopic (exact) mass is 289 g/mol. The highest BCUT2D eigenvalue weighted by Crippen LogP contribution is 2.34. The quantitative estimate of drug-likeness (QED) is 0.705. The van der Waals surface area contributed by atoms with Crippen molar-refractivity contribution in [1.82, 2.24) is 5.32 Å². The molecule has 0 bridgehead atoms. The van der Waals surface area contributed by atoms with Crippen molar-refractivity contribution in [3.8, 4) is 0 Å². The largest absolute Gasteiger partial charge is 0.418 e. The van der Waals surface area contributed by atoms with Gasteiger partial charge in [-0.3, -0.25) is 0 Å². The minimum absolute atomic E-state index is 0.251. The summed E-state index contributed by atoms with van der Waals surface area (Å²) < 4.78 is 38.1. The molecule has 0 spiro atoms. The topological polar surface area (TPSA) is 67.1 Å². The van der Waals surface area contributed by atoms with E-state index in [0.29, 0.717) is 13.1 Å². The van der Waals surface area contributed by atoms with E-state index in [1.165, 1.54) is 18.2 Å². The lowest BCUT2D eigenvalue weighted by Gasteiger charge is -2.14. The average Bonchev–Trinajstić information content (AvgIpc) is 2.38. The lowest BCUT2D eigenvalue weighted by Crippen LogP contribution is -2.30. The number of benzene rings is 1. The number of hydrogen-bond donors (Lipinski definition) is 3. The van der Waals surface area contributed by atoms with Crippen LogP contribution in [0.5, 0.6) is 0 Å². The number of carbonyl (C=O) groups is 1. The first-order valence-electron chi connectivity index (χ1n) is 6.36. The second-order valence-electron chi connectivity index (χ2n) is 4.27. The Kier molecular flexibility index (Phi) is 6.30. The van der Waals surface area contributed by atoms with Crippen molar-refractivity contribution in [2.75, 3.05) is 18.4 Å². The smallest absolute Gasteiger partial charge is 0.338 e. The molecule has 0 aliphatic heterocycles. The van der Waals surface area contributed by atoms with E-state index in [1.807, 2.05) is 0 Å². The molecule has 1 rings (SSSR count). The summed E-state index contributed by atoms with van der Waals surface area (Å²) in [5, 5.41) is 4.72. The first-order chi connectivity index (χ1) is 9.45. The van der Waals surface area contributed by atoms with Gasteiger partial charge < -0.3 is 16.4 Å². The fourth-order valence-corrected chi connectivity index (χ4v) is 1.65. The van der Waals surface area contributed by atoms with Gasteiger partial charge in [0.25, 0.3) is 0 Å². The standard InChI is InChI=1S/C13H18F3N3O/c14-13(15,16)10-6-2-3-7-11(10)19-12(20)18-9-5-1-4-8-17/h2-3,6-7H,1,4-5,8-9,17H2,(H2,18,19,20). The van der Waals surface area contributed by atoms with Crippen LogP contribution in [-0.2, 0) is 6.18 Å². The molecule has 1 aromatic rings. The normalized spacial score (nSPS) is 11.2. The van der Waals surface area contributed by atoms with Crippen LogP contribution >= 0.6 is 0 Å². The van der Waals surface area contributed by atoms with Crippen LogP contribution in [0.3, 0.4) is 0 Å². The van der Waals surface area contributed by atoms with Crippen molar-refractivity contribution < 1.29 is 18.0 Å². The van der Waals surface area contributed by atoms with E-state index in [-0.39, 0.29) is 5.69 Å². The average molecular weight is 289 g/mol. The number of carbonyl (C=O) groups excluding carboxylic acids is 1. The molecule has 7 heteroatoms. The van der Waals surface area contributed by atoms with Gasteiger partial charge in [-0.25, -0.2) is 4.79 Å². The molecule has 0 saturated heterocycles. The number of nitrogens with one attached hydrogen (secondary N) is 2. The van der Waals surface area contributed by atoms with E-state index in [1.54, 1.807) is 0 Å². The molecule has 4 N–H and O–H groups in total. The van der Waals surface area contributed by atoms with Crippen molar-refractivity contribution in [2.45, 2.75) is 25.4 Å². The third kappa shape index (κ3) is 5.48. The Morgan fingerprint density at radius 1 is 1.15 bits per heavy atom. The van der Waals surface area contributed by atoms with Crippen LogP contribution in [0.2, 0.25) is 0 Å². The van der Waals surface area contributed by atoms with Crippen molar-refractivity contribution in [1.29, 1.82) is 0 Å². The van der Waals surface area contributed by atoms with Gasteiger partial charge in [0.05, 0.1) is 11.3 Å². The number of hydrogen-bond acceptors (Lipinski definition) is 2. The van der Waals surface area contributed by atoms with Gasteiger partial charge in [0.1, 0.15) is 0 Å². The Balaban J connectivity index is 2.50. The number of rotatable bonds is 6. The maximum Gasteiger partial charge on any atom is 0.418 e. The lowest BCUT2D eigenvalue weighted by atomic mass is 10.1. The van der Waals surface area contributed by atoms with Gasteiger partial charge in [0, 0.05) is 6.54 Å². The zero-order chi connectivity index (χ0) is 15.0. The second kappa shape index (κ2) is 7.74. The number of nitrogens with two attached hydrogens (primary N) is 1. The Bertz CT molecular complexity index is 435. The predicted molar refractivity (Wildman–Crippen MR) is 71.4 cm³/mol. The van der Waals surface area contributed by atoms with Crippen molar-refractivity contribution >= 4 is 11.7 Å². The molecule has 0 radical (unpaired) electrons. The molecular formula is C13H18F3N3O. The summed E-state index contributed by atoms with van der Waals surface area (Å²) in [6.45, 7) is 0.991. The van der Waals surface area contributed by atoms with E-state index in [2.05, 4.69) is 10.6 Å². The maximum atomic E-state index is 12.7. The van der Waals surface area contributed by atoms with E-state index in [0.717, 1.165) is 25.3 Å². The molecule has 20 heavy (non-hydrogen) atoms. The van der Waals surface area contributed by atoms with Gasteiger partial charge in [-0.1, -0.05) is 18.6 Å². The number of halogens is 3. The molecule has 2 amide bonds. The minimum Gasteiger partial charge on any atom is -0.338 e. The van der Waals surface area contributed by atoms with Gasteiger partial charge in [-0.2, -0.15) is 13.2 Å². The van der Waals surface area contributed by atoms with Crippen LogP contribution in [0.1, 0.15) is 24.8 Å². The number of alkyl halides is 3. The molecular weight excluding hydrogens is 271 g/mol. The first kappa shape index (κ1) is 16.3. The Labute approximate surface area is 115 Å². The minimum atomic E-state index is -4.50. The zero-order valence-corrected chi connectivity index (χ0v) is 11.0. The molecule has 0 unspecified atom stereocenters. The van der Waals surface area contributed by atoms with Crippen LogP contribution < -0.4 is 16.4 Å². The number of amides is 2. The van der Waals surface area contributed by atoms with Crippen LogP contribution in [0.15, 0.2) is 24.3 Å². The number of unbranched alkanes of at least 4 members (excludes halogenated alkanes) is 2. The summed E-state index contributed by atoms with van der Waals surface area (Å²) in [4.78, 5) is 11.5. The first-order valence-corrected chi connectivity index (χ1v) is 6.36. The molecule has 4 nitrogen and oxygen atoms in total. The SMILES string of the molecule is NCCCCCNC(=O)Nc1ccccc1C(F)(F)F. The maximum absolute atomic E-state index is 12.7. The summed E-state index contributed by atoms with van der Waals surface area (Å²) >= 11 is 0. The fourth-order valence-electron chi connectivity index (χ4n) is 1.65. The molecule has 0 aliphatic carbocycles. The summed E-state index contributed by atoms with van der Waals surface area (Å²) in [6, 6.07) is 4.22. The zero-order valence-electron chi connectivity index (χ0n) is 11.0. The summed E-state index contributed by atoms with van der Waals surface area (Å²) in [7, 11) is 0. The number of para-hydroxylation sites is 1. The van der Waals surface area contributed by atoms with E-state index < -0.39 is 17.8 Å². The van der Waals surface area contributed by atoms with Gasteiger partial charge in [-0.05, 0) is 31.5 Å². The highest BCUT2D eigenvalue weighted by atomic mass is 19.4. The van der Waals surface area contributed by atoms with Gasteiger partial charge in [0.2, 0.25) is 0 Å². The Hall–Kier alpha value is -1.76. The number of anilines is 1. The van der Waals surface area contributed by atoms with Crippen molar-refractivity contribution in [2.24, 2.45) is 5.73 Å². The molecule has 0 heterocycles. The summed E-state index contributed by atoms with van der Waals surface area (Å²) in [6.07, 6.45) is -2.02. The van der Waals surface area contributed by atoms with Gasteiger partial charge in [0.15, 0.2) is 0 Å². The highest BCUT2D eigenvalue weighted by Gasteiger charge is 2.33. The Morgan fingerprint density at radius 3 is 2.50 bits per heavy atom. The molecule has 1 aromatic carbocycles. The molecule has 0 aromatic heterocycles. The van der Waals surface area contributed by atoms with E-state index >= 15 is 0 Å². The molecule has 112 valence electrons. The highest BCUT2D eigenvalue weighted by molar-refractivity contribution is 5.90. The van der Waals surface area contributed by atoms with Gasteiger partial charge >= 0.3 is 12.2 Å². The predicted octanol–water partition coefficient (Wildman–Crippen LogP) is 2.96. The molecule has 0 saturated carbocycles. The third-order valence-electron chi connectivity index (χ3n) is 2.65.